The average molecular weight is 345 g/mol. The van der Waals surface area contributed by atoms with Gasteiger partial charge in [-0.3, -0.25) is 11.3 Å². The zero-order chi connectivity index (χ0) is 14.7. The van der Waals surface area contributed by atoms with E-state index in [-0.39, 0.29) is 12.2 Å². The van der Waals surface area contributed by atoms with Gasteiger partial charge in [-0.15, -0.1) is 0 Å². The molecule has 0 saturated carbocycles. The number of benzene rings is 2. The Labute approximate surface area is 122 Å². The normalized spacial score (nSPS) is 12.4. The molecular formula is C14H12BrF3N2. The van der Waals surface area contributed by atoms with Crippen LogP contribution in [0.5, 0.6) is 0 Å². The quantitative estimate of drug-likeness (QED) is 0.656. The van der Waals surface area contributed by atoms with E-state index in [1.165, 1.54) is 24.3 Å². The summed E-state index contributed by atoms with van der Waals surface area (Å²) in [7, 11) is 0. The van der Waals surface area contributed by atoms with E-state index in [0.29, 0.717) is 15.6 Å². The van der Waals surface area contributed by atoms with Gasteiger partial charge in [0.1, 0.15) is 17.5 Å². The second kappa shape index (κ2) is 6.39. The van der Waals surface area contributed by atoms with Crippen molar-refractivity contribution in [1.82, 2.24) is 5.43 Å². The molecule has 1 unspecified atom stereocenters. The maximum Gasteiger partial charge on any atom is 0.126 e. The van der Waals surface area contributed by atoms with Crippen molar-refractivity contribution in [1.29, 1.82) is 0 Å². The summed E-state index contributed by atoms with van der Waals surface area (Å²) in [4.78, 5) is 0. The van der Waals surface area contributed by atoms with Gasteiger partial charge in [-0.2, -0.15) is 0 Å². The Kier molecular flexibility index (Phi) is 4.80. The van der Waals surface area contributed by atoms with Gasteiger partial charge >= 0.3 is 0 Å². The van der Waals surface area contributed by atoms with Crippen LogP contribution in [0.2, 0.25) is 0 Å². The van der Waals surface area contributed by atoms with Gasteiger partial charge in [-0.1, -0.05) is 22.0 Å². The maximum atomic E-state index is 13.2. The molecule has 3 N–H and O–H groups in total. The molecule has 0 aliphatic carbocycles. The first kappa shape index (κ1) is 15.0. The zero-order valence-corrected chi connectivity index (χ0v) is 11.9. The van der Waals surface area contributed by atoms with Crippen molar-refractivity contribution < 1.29 is 13.2 Å². The van der Waals surface area contributed by atoms with Crippen molar-refractivity contribution in [2.75, 3.05) is 0 Å². The SMILES string of the molecule is NNC(Cc1cc(F)cc(F)c1)c1ccc(F)cc1Br. The van der Waals surface area contributed by atoms with Crippen LogP contribution in [0.4, 0.5) is 13.2 Å². The minimum absolute atomic E-state index is 0.273. The molecular weight excluding hydrogens is 333 g/mol. The second-order valence-electron chi connectivity index (χ2n) is 4.37. The van der Waals surface area contributed by atoms with Gasteiger partial charge < -0.3 is 0 Å². The monoisotopic (exact) mass is 344 g/mol. The summed E-state index contributed by atoms with van der Waals surface area (Å²) in [5.74, 6) is 3.81. The number of hydrogen-bond donors (Lipinski definition) is 2. The Bertz CT molecular complexity index is 599. The van der Waals surface area contributed by atoms with Gasteiger partial charge in [0.2, 0.25) is 0 Å². The van der Waals surface area contributed by atoms with Crippen molar-refractivity contribution >= 4 is 15.9 Å². The summed E-state index contributed by atoms with van der Waals surface area (Å²) in [6, 6.07) is 7.08. The van der Waals surface area contributed by atoms with Crippen LogP contribution in [0, 0.1) is 17.5 Å². The summed E-state index contributed by atoms with van der Waals surface area (Å²) in [6.07, 6.45) is 0.273. The van der Waals surface area contributed by atoms with Crippen LogP contribution in [-0.2, 0) is 6.42 Å². The molecule has 2 aromatic carbocycles. The Hall–Kier alpha value is -1.37. The van der Waals surface area contributed by atoms with E-state index in [9.17, 15) is 13.2 Å². The average Bonchev–Trinajstić information content (AvgIpc) is 2.35. The number of halogens is 4. The highest BCUT2D eigenvalue weighted by Gasteiger charge is 2.15. The summed E-state index contributed by atoms with van der Waals surface area (Å²) in [5.41, 5.74) is 3.74. The molecule has 0 aliphatic heterocycles. The fraction of sp³-hybridized carbons (Fsp3) is 0.143. The van der Waals surface area contributed by atoms with E-state index in [4.69, 9.17) is 5.84 Å². The fourth-order valence-corrected chi connectivity index (χ4v) is 2.63. The third kappa shape index (κ3) is 3.59. The van der Waals surface area contributed by atoms with E-state index < -0.39 is 17.7 Å². The van der Waals surface area contributed by atoms with Crippen LogP contribution in [0.15, 0.2) is 40.9 Å². The first-order chi connectivity index (χ1) is 9.49. The van der Waals surface area contributed by atoms with Gasteiger partial charge in [-0.25, -0.2) is 13.2 Å². The molecule has 0 fully saturated rings. The molecule has 0 aliphatic rings. The molecule has 2 nitrogen and oxygen atoms in total. The summed E-state index contributed by atoms with van der Waals surface area (Å²) < 4.78 is 39.9. The third-order valence-corrected chi connectivity index (χ3v) is 3.59. The molecule has 0 bridgehead atoms. The molecule has 0 radical (unpaired) electrons. The van der Waals surface area contributed by atoms with Crippen LogP contribution in [0.3, 0.4) is 0 Å². The predicted molar refractivity (Wildman–Crippen MR) is 74.2 cm³/mol. The number of hydrogen-bond acceptors (Lipinski definition) is 2. The summed E-state index contributed by atoms with van der Waals surface area (Å²) in [6.45, 7) is 0. The van der Waals surface area contributed by atoms with Gasteiger partial charge in [0.05, 0.1) is 6.04 Å². The topological polar surface area (TPSA) is 38.0 Å². The van der Waals surface area contributed by atoms with Crippen LogP contribution in [-0.4, -0.2) is 0 Å². The lowest BCUT2D eigenvalue weighted by molar-refractivity contribution is 0.536. The standard InChI is InChI=1S/C14H12BrF3N2/c15-13-7-9(16)1-2-12(13)14(20-19)5-8-3-10(17)6-11(18)4-8/h1-4,6-7,14,20H,5,19H2. The molecule has 0 amide bonds. The lowest BCUT2D eigenvalue weighted by Crippen LogP contribution is -2.30. The molecule has 0 spiro atoms. The first-order valence-corrected chi connectivity index (χ1v) is 6.65. The Morgan fingerprint density at radius 1 is 1.00 bits per heavy atom. The van der Waals surface area contributed by atoms with Crippen LogP contribution < -0.4 is 11.3 Å². The second-order valence-corrected chi connectivity index (χ2v) is 5.22. The summed E-state index contributed by atoms with van der Waals surface area (Å²) in [5, 5.41) is 0. The molecule has 0 heterocycles. The highest BCUT2D eigenvalue weighted by Crippen LogP contribution is 2.27. The van der Waals surface area contributed by atoms with Gasteiger partial charge in [0.25, 0.3) is 0 Å². The Morgan fingerprint density at radius 3 is 2.20 bits per heavy atom. The molecule has 2 aromatic rings. The maximum absolute atomic E-state index is 13.2. The molecule has 1 atom stereocenters. The summed E-state index contributed by atoms with van der Waals surface area (Å²) >= 11 is 3.25. The van der Waals surface area contributed by atoms with E-state index in [1.807, 2.05) is 0 Å². The predicted octanol–water partition coefficient (Wildman–Crippen LogP) is 3.61. The number of hydrazine groups is 1. The largest absolute Gasteiger partial charge is 0.271 e. The van der Waals surface area contributed by atoms with Gasteiger partial charge in [-0.05, 0) is 41.8 Å². The molecule has 6 heteroatoms. The van der Waals surface area contributed by atoms with Crippen molar-refractivity contribution in [2.24, 2.45) is 5.84 Å². The van der Waals surface area contributed by atoms with E-state index in [1.54, 1.807) is 6.07 Å². The van der Waals surface area contributed by atoms with Gasteiger partial charge in [0.15, 0.2) is 0 Å². The van der Waals surface area contributed by atoms with Crippen molar-refractivity contribution in [3.8, 4) is 0 Å². The van der Waals surface area contributed by atoms with Crippen LogP contribution in [0.1, 0.15) is 17.2 Å². The number of nitrogens with two attached hydrogens (primary N) is 1. The first-order valence-electron chi connectivity index (χ1n) is 5.85. The lowest BCUT2D eigenvalue weighted by Gasteiger charge is -2.18. The van der Waals surface area contributed by atoms with Gasteiger partial charge in [0, 0.05) is 10.5 Å². The van der Waals surface area contributed by atoms with Crippen molar-refractivity contribution in [2.45, 2.75) is 12.5 Å². The van der Waals surface area contributed by atoms with Crippen LogP contribution >= 0.6 is 15.9 Å². The van der Waals surface area contributed by atoms with E-state index >= 15 is 0 Å². The zero-order valence-electron chi connectivity index (χ0n) is 10.3. The van der Waals surface area contributed by atoms with E-state index in [2.05, 4.69) is 21.4 Å². The molecule has 20 heavy (non-hydrogen) atoms. The third-order valence-electron chi connectivity index (χ3n) is 2.90. The molecule has 0 aromatic heterocycles. The fourth-order valence-electron chi connectivity index (χ4n) is 2.01. The highest BCUT2D eigenvalue weighted by molar-refractivity contribution is 9.10. The van der Waals surface area contributed by atoms with Crippen molar-refractivity contribution in [3.05, 3.63) is 69.4 Å². The Morgan fingerprint density at radius 2 is 1.65 bits per heavy atom. The minimum Gasteiger partial charge on any atom is -0.271 e. The minimum atomic E-state index is -0.644. The number of nitrogens with one attached hydrogen (secondary N) is 1. The Balaban J connectivity index is 2.28. The highest BCUT2D eigenvalue weighted by atomic mass is 79.9. The smallest absolute Gasteiger partial charge is 0.126 e. The van der Waals surface area contributed by atoms with Crippen molar-refractivity contribution in [3.63, 3.8) is 0 Å². The lowest BCUT2D eigenvalue weighted by atomic mass is 9.99. The molecule has 0 saturated heterocycles. The molecule has 2 rings (SSSR count). The number of rotatable bonds is 4. The molecule has 106 valence electrons. The van der Waals surface area contributed by atoms with Crippen LogP contribution in [0.25, 0.3) is 0 Å². The van der Waals surface area contributed by atoms with E-state index in [0.717, 1.165) is 6.07 Å².